The number of aryl methyl sites for hydroxylation is 1. The van der Waals surface area contributed by atoms with Gasteiger partial charge in [-0.1, -0.05) is 35.5 Å². The molecular weight excluding hydrogens is 274 g/mol. The van der Waals surface area contributed by atoms with Gasteiger partial charge in [0.1, 0.15) is 0 Å². The average Bonchev–Trinajstić information content (AvgIpc) is 3.00. The zero-order valence-corrected chi connectivity index (χ0v) is 12.7. The summed E-state index contributed by atoms with van der Waals surface area (Å²) in [5.41, 5.74) is 3.54. The molecule has 22 heavy (non-hydrogen) atoms. The topological polar surface area (TPSA) is 32.5 Å². The molecule has 0 unspecified atom stereocenters. The van der Waals surface area contributed by atoms with Gasteiger partial charge < -0.3 is 14.3 Å². The standard InChI is InChI=1S/C18H19N3O/c1-14-6-2-4-8-16(14)20-10-12-21(13-11-20)18-15-7-3-5-9-17(15)22-19-18/h2-9H,10-13H2,1H3. The summed E-state index contributed by atoms with van der Waals surface area (Å²) in [4.78, 5) is 4.77. The predicted octanol–water partition coefficient (Wildman–Crippen LogP) is 3.46. The summed E-state index contributed by atoms with van der Waals surface area (Å²) < 4.78 is 5.43. The van der Waals surface area contributed by atoms with Gasteiger partial charge in [0.15, 0.2) is 11.4 Å². The van der Waals surface area contributed by atoms with Crippen LogP contribution in [0.4, 0.5) is 11.5 Å². The Morgan fingerprint density at radius 1 is 0.864 bits per heavy atom. The summed E-state index contributed by atoms with van der Waals surface area (Å²) in [6.07, 6.45) is 0. The van der Waals surface area contributed by atoms with Crippen molar-refractivity contribution in [2.75, 3.05) is 36.0 Å². The maximum Gasteiger partial charge on any atom is 0.180 e. The zero-order chi connectivity index (χ0) is 14.9. The van der Waals surface area contributed by atoms with E-state index in [9.17, 15) is 0 Å². The third-order valence-corrected chi connectivity index (χ3v) is 4.39. The Morgan fingerprint density at radius 3 is 2.36 bits per heavy atom. The Morgan fingerprint density at radius 2 is 1.55 bits per heavy atom. The molecule has 3 aromatic rings. The number of nitrogens with zero attached hydrogens (tertiary/aromatic N) is 3. The molecule has 1 aliphatic heterocycles. The lowest BCUT2D eigenvalue weighted by atomic mass is 10.1. The van der Waals surface area contributed by atoms with Crippen molar-refractivity contribution in [1.82, 2.24) is 5.16 Å². The van der Waals surface area contributed by atoms with E-state index < -0.39 is 0 Å². The quantitative estimate of drug-likeness (QED) is 0.724. The van der Waals surface area contributed by atoms with Crippen LogP contribution >= 0.6 is 0 Å². The van der Waals surface area contributed by atoms with Crippen LogP contribution in [0.5, 0.6) is 0 Å². The molecule has 1 saturated heterocycles. The van der Waals surface area contributed by atoms with E-state index in [0.717, 1.165) is 43.0 Å². The Bertz CT molecular complexity index is 788. The average molecular weight is 293 g/mol. The number of benzene rings is 2. The van der Waals surface area contributed by atoms with Crippen molar-refractivity contribution >= 4 is 22.5 Å². The first-order chi connectivity index (χ1) is 10.8. The number of hydrogen-bond acceptors (Lipinski definition) is 4. The first kappa shape index (κ1) is 13.2. The van der Waals surface area contributed by atoms with Crippen molar-refractivity contribution in [3.63, 3.8) is 0 Å². The highest BCUT2D eigenvalue weighted by Crippen LogP contribution is 2.28. The second-order valence-corrected chi connectivity index (χ2v) is 5.76. The SMILES string of the molecule is Cc1ccccc1N1CCN(c2noc3ccccc23)CC1. The summed E-state index contributed by atoms with van der Waals surface area (Å²) in [5, 5.41) is 5.37. The third kappa shape index (κ3) is 2.21. The van der Waals surface area contributed by atoms with E-state index in [4.69, 9.17) is 4.52 Å². The number of aromatic nitrogens is 1. The summed E-state index contributed by atoms with van der Waals surface area (Å²) >= 11 is 0. The Kier molecular flexibility index (Phi) is 3.22. The smallest absolute Gasteiger partial charge is 0.180 e. The molecule has 0 amide bonds. The predicted molar refractivity (Wildman–Crippen MR) is 89.6 cm³/mol. The van der Waals surface area contributed by atoms with Crippen molar-refractivity contribution < 1.29 is 4.52 Å². The molecule has 112 valence electrons. The minimum absolute atomic E-state index is 0.860. The molecule has 0 N–H and O–H groups in total. The van der Waals surface area contributed by atoms with Crippen molar-refractivity contribution in [2.24, 2.45) is 0 Å². The van der Waals surface area contributed by atoms with Crippen LogP contribution in [0.3, 0.4) is 0 Å². The van der Waals surface area contributed by atoms with Gasteiger partial charge in [-0.15, -0.1) is 0 Å². The van der Waals surface area contributed by atoms with Gasteiger partial charge >= 0.3 is 0 Å². The number of piperazine rings is 1. The molecule has 0 atom stereocenters. The molecule has 1 aromatic heterocycles. The lowest BCUT2D eigenvalue weighted by molar-refractivity contribution is 0.453. The summed E-state index contributed by atoms with van der Waals surface area (Å²) in [6.45, 7) is 6.11. The molecule has 2 heterocycles. The number of para-hydroxylation sites is 2. The molecule has 0 radical (unpaired) electrons. The van der Waals surface area contributed by atoms with Gasteiger partial charge in [0.05, 0.1) is 5.39 Å². The first-order valence-electron chi connectivity index (χ1n) is 7.73. The van der Waals surface area contributed by atoms with E-state index in [2.05, 4.69) is 52.2 Å². The summed E-state index contributed by atoms with van der Waals surface area (Å²) in [6, 6.07) is 16.6. The maximum absolute atomic E-state index is 5.43. The minimum Gasteiger partial charge on any atom is -0.368 e. The van der Waals surface area contributed by atoms with Crippen molar-refractivity contribution in [2.45, 2.75) is 6.92 Å². The Balaban J connectivity index is 1.54. The van der Waals surface area contributed by atoms with Gasteiger partial charge in [-0.2, -0.15) is 0 Å². The van der Waals surface area contributed by atoms with Crippen LogP contribution in [0.15, 0.2) is 53.1 Å². The van der Waals surface area contributed by atoms with Crippen LogP contribution in [0.1, 0.15) is 5.56 Å². The van der Waals surface area contributed by atoms with Gasteiger partial charge in [-0.25, -0.2) is 0 Å². The van der Waals surface area contributed by atoms with Crippen LogP contribution < -0.4 is 9.80 Å². The molecule has 4 heteroatoms. The van der Waals surface area contributed by atoms with Gasteiger partial charge in [0.2, 0.25) is 0 Å². The fourth-order valence-electron chi connectivity index (χ4n) is 3.18. The molecule has 1 aliphatic rings. The molecule has 0 aliphatic carbocycles. The van der Waals surface area contributed by atoms with Gasteiger partial charge in [0.25, 0.3) is 0 Å². The second kappa shape index (κ2) is 5.37. The normalized spacial score (nSPS) is 15.5. The van der Waals surface area contributed by atoms with E-state index in [-0.39, 0.29) is 0 Å². The van der Waals surface area contributed by atoms with Crippen LogP contribution in [0, 0.1) is 6.92 Å². The molecule has 4 rings (SSSR count). The number of hydrogen-bond donors (Lipinski definition) is 0. The van der Waals surface area contributed by atoms with E-state index in [0.29, 0.717) is 0 Å². The first-order valence-corrected chi connectivity index (χ1v) is 7.73. The van der Waals surface area contributed by atoms with E-state index in [1.807, 2.05) is 18.2 Å². The van der Waals surface area contributed by atoms with E-state index in [1.54, 1.807) is 0 Å². The molecule has 0 spiro atoms. The van der Waals surface area contributed by atoms with Gasteiger partial charge in [-0.05, 0) is 30.7 Å². The van der Waals surface area contributed by atoms with Crippen LogP contribution in [-0.4, -0.2) is 31.3 Å². The second-order valence-electron chi connectivity index (χ2n) is 5.76. The Labute approximate surface area is 129 Å². The lowest BCUT2D eigenvalue weighted by Crippen LogP contribution is -2.47. The molecule has 1 fully saturated rings. The van der Waals surface area contributed by atoms with Crippen LogP contribution in [0.2, 0.25) is 0 Å². The largest absolute Gasteiger partial charge is 0.368 e. The monoisotopic (exact) mass is 293 g/mol. The van der Waals surface area contributed by atoms with Crippen molar-refractivity contribution in [1.29, 1.82) is 0 Å². The highest BCUT2D eigenvalue weighted by molar-refractivity contribution is 5.88. The molecular formula is C18H19N3O. The fraction of sp³-hybridized carbons (Fsp3) is 0.278. The molecule has 0 saturated carbocycles. The van der Waals surface area contributed by atoms with E-state index in [1.165, 1.54) is 11.3 Å². The van der Waals surface area contributed by atoms with Crippen LogP contribution in [0.25, 0.3) is 11.0 Å². The van der Waals surface area contributed by atoms with Crippen LogP contribution in [-0.2, 0) is 0 Å². The lowest BCUT2D eigenvalue weighted by Gasteiger charge is -2.36. The minimum atomic E-state index is 0.860. The summed E-state index contributed by atoms with van der Waals surface area (Å²) in [5.74, 6) is 0.972. The van der Waals surface area contributed by atoms with Crippen molar-refractivity contribution in [3.8, 4) is 0 Å². The van der Waals surface area contributed by atoms with Crippen molar-refractivity contribution in [3.05, 3.63) is 54.1 Å². The number of fused-ring (bicyclic) bond motifs is 1. The maximum atomic E-state index is 5.43. The Hall–Kier alpha value is -2.49. The molecule has 2 aromatic carbocycles. The van der Waals surface area contributed by atoms with Gasteiger partial charge in [-0.3, -0.25) is 0 Å². The fourth-order valence-corrected chi connectivity index (χ4v) is 3.18. The highest BCUT2D eigenvalue weighted by atomic mass is 16.5. The highest BCUT2D eigenvalue weighted by Gasteiger charge is 2.22. The number of anilines is 2. The summed E-state index contributed by atoms with van der Waals surface area (Å²) in [7, 11) is 0. The van der Waals surface area contributed by atoms with E-state index >= 15 is 0 Å². The zero-order valence-electron chi connectivity index (χ0n) is 12.7. The molecule has 4 nitrogen and oxygen atoms in total. The third-order valence-electron chi connectivity index (χ3n) is 4.39. The molecule has 0 bridgehead atoms. The number of rotatable bonds is 2. The van der Waals surface area contributed by atoms with Gasteiger partial charge in [0, 0.05) is 31.9 Å².